The molecule has 1 saturated carbocycles. The topological polar surface area (TPSA) is 26.3 Å². The van der Waals surface area contributed by atoms with Crippen LogP contribution < -0.4 is 0 Å². The summed E-state index contributed by atoms with van der Waals surface area (Å²) in [6.45, 7) is 4.62. The standard InChI is InChI=1S/C20H26O2/c1-19-10-8-14(22-3)12-13(19)4-5-15-16-6-7-18(21)20(16,2)11-9-17(15)19/h4,9,12,15-16H,5-8,10-11H2,1-3H3/t15?,16?,19?,20-/m0/s1. The molecule has 0 bridgehead atoms. The maximum atomic E-state index is 12.4. The van der Waals surface area contributed by atoms with Gasteiger partial charge in [-0.25, -0.2) is 0 Å². The molecule has 22 heavy (non-hydrogen) atoms. The van der Waals surface area contributed by atoms with Gasteiger partial charge >= 0.3 is 0 Å². The van der Waals surface area contributed by atoms with Crippen LogP contribution in [0.1, 0.15) is 52.4 Å². The van der Waals surface area contributed by atoms with Crippen molar-refractivity contribution in [2.75, 3.05) is 7.11 Å². The van der Waals surface area contributed by atoms with Crippen LogP contribution in [0.4, 0.5) is 0 Å². The van der Waals surface area contributed by atoms with Crippen LogP contribution in [0.3, 0.4) is 0 Å². The molecule has 0 amide bonds. The minimum absolute atomic E-state index is 0.0853. The number of methoxy groups -OCH3 is 1. The van der Waals surface area contributed by atoms with Crippen molar-refractivity contribution in [1.82, 2.24) is 0 Å². The highest BCUT2D eigenvalue weighted by Crippen LogP contribution is 2.61. The Labute approximate surface area is 133 Å². The van der Waals surface area contributed by atoms with Gasteiger partial charge < -0.3 is 4.74 Å². The third-order valence-corrected chi connectivity index (χ3v) is 7.09. The van der Waals surface area contributed by atoms with Gasteiger partial charge in [0.05, 0.1) is 12.9 Å². The average Bonchev–Trinajstić information content (AvgIpc) is 2.82. The summed E-state index contributed by atoms with van der Waals surface area (Å²) in [6.07, 6.45) is 13.2. The molecule has 0 N–H and O–H groups in total. The molecule has 0 aromatic rings. The first-order valence-corrected chi connectivity index (χ1v) is 8.68. The summed E-state index contributed by atoms with van der Waals surface area (Å²) in [7, 11) is 1.77. The highest BCUT2D eigenvalue weighted by Gasteiger charge is 2.54. The van der Waals surface area contributed by atoms with Crippen LogP contribution in [0, 0.1) is 22.7 Å². The molecule has 1 fully saturated rings. The quantitative estimate of drug-likeness (QED) is 0.662. The van der Waals surface area contributed by atoms with E-state index in [0.717, 1.165) is 44.3 Å². The van der Waals surface area contributed by atoms with E-state index in [9.17, 15) is 4.79 Å². The number of rotatable bonds is 1. The molecular weight excluding hydrogens is 272 g/mol. The Morgan fingerprint density at radius 2 is 2.05 bits per heavy atom. The largest absolute Gasteiger partial charge is 0.501 e. The van der Waals surface area contributed by atoms with Crippen LogP contribution >= 0.6 is 0 Å². The van der Waals surface area contributed by atoms with Crippen molar-refractivity contribution in [1.29, 1.82) is 0 Å². The number of carbonyl (C=O) groups is 1. The minimum atomic E-state index is -0.0853. The SMILES string of the molecule is COC1=CC2=CCC3C(=CC[C@]4(C)C(=O)CCC34)C2(C)CC1. The van der Waals surface area contributed by atoms with E-state index >= 15 is 0 Å². The monoisotopic (exact) mass is 298 g/mol. The number of Topliss-reactive ketones (excluding diaryl/α,β-unsaturated/α-hetero) is 1. The minimum Gasteiger partial charge on any atom is -0.501 e. The molecule has 0 spiro atoms. The van der Waals surface area contributed by atoms with E-state index in [1.54, 1.807) is 12.7 Å². The number of hydrogen-bond acceptors (Lipinski definition) is 2. The first kappa shape index (κ1) is 14.3. The van der Waals surface area contributed by atoms with Gasteiger partial charge in [0.25, 0.3) is 0 Å². The maximum absolute atomic E-state index is 12.4. The second kappa shape index (κ2) is 4.59. The lowest BCUT2D eigenvalue weighted by Gasteiger charge is -2.50. The molecule has 0 aliphatic heterocycles. The summed E-state index contributed by atoms with van der Waals surface area (Å²) in [6, 6.07) is 0. The number of ketones is 1. The highest BCUT2D eigenvalue weighted by atomic mass is 16.5. The van der Waals surface area contributed by atoms with Crippen LogP contribution in [-0.4, -0.2) is 12.9 Å². The fraction of sp³-hybridized carbons (Fsp3) is 0.650. The molecule has 2 nitrogen and oxygen atoms in total. The van der Waals surface area contributed by atoms with Crippen molar-refractivity contribution in [3.8, 4) is 0 Å². The number of hydrogen-bond donors (Lipinski definition) is 0. The van der Waals surface area contributed by atoms with E-state index in [2.05, 4.69) is 32.1 Å². The van der Waals surface area contributed by atoms with Crippen molar-refractivity contribution in [3.05, 3.63) is 35.1 Å². The molecule has 4 aliphatic carbocycles. The Bertz CT molecular complexity index is 624. The molecule has 118 valence electrons. The molecule has 0 radical (unpaired) electrons. The molecule has 0 saturated heterocycles. The average molecular weight is 298 g/mol. The first-order valence-electron chi connectivity index (χ1n) is 8.68. The van der Waals surface area contributed by atoms with Gasteiger partial charge in [-0.1, -0.05) is 31.6 Å². The number of carbonyl (C=O) groups excluding carboxylic acids is 1. The van der Waals surface area contributed by atoms with Gasteiger partial charge in [0.2, 0.25) is 0 Å². The lowest BCUT2D eigenvalue weighted by Crippen LogP contribution is -2.43. The normalized spacial score (nSPS) is 43.4. The van der Waals surface area contributed by atoms with E-state index in [1.807, 2.05) is 0 Å². The van der Waals surface area contributed by atoms with Gasteiger partial charge in [0.1, 0.15) is 5.78 Å². The Hall–Kier alpha value is -1.31. The van der Waals surface area contributed by atoms with Crippen LogP contribution in [0.25, 0.3) is 0 Å². The second-order valence-corrected chi connectivity index (χ2v) is 8.00. The summed E-state index contributed by atoms with van der Waals surface area (Å²) in [5, 5.41) is 0. The van der Waals surface area contributed by atoms with E-state index < -0.39 is 0 Å². The predicted octanol–water partition coefficient (Wildman–Crippen LogP) is 4.58. The van der Waals surface area contributed by atoms with Gasteiger partial charge in [-0.15, -0.1) is 0 Å². The van der Waals surface area contributed by atoms with Crippen LogP contribution in [-0.2, 0) is 9.53 Å². The Morgan fingerprint density at radius 3 is 2.82 bits per heavy atom. The smallest absolute Gasteiger partial charge is 0.139 e. The zero-order valence-corrected chi connectivity index (χ0v) is 13.9. The van der Waals surface area contributed by atoms with E-state index in [0.29, 0.717) is 17.6 Å². The summed E-state index contributed by atoms with van der Waals surface area (Å²) in [5.41, 5.74) is 3.13. The molecule has 4 rings (SSSR count). The third-order valence-electron chi connectivity index (χ3n) is 7.09. The summed E-state index contributed by atoms with van der Waals surface area (Å²) in [5.74, 6) is 2.75. The van der Waals surface area contributed by atoms with Crippen LogP contribution in [0.5, 0.6) is 0 Å². The Morgan fingerprint density at radius 1 is 1.23 bits per heavy atom. The zero-order valence-electron chi connectivity index (χ0n) is 13.9. The zero-order chi connectivity index (χ0) is 15.5. The number of ether oxygens (including phenoxy) is 1. The molecule has 0 aromatic carbocycles. The van der Waals surface area contributed by atoms with Gasteiger partial charge in [-0.3, -0.25) is 4.79 Å². The van der Waals surface area contributed by atoms with Gasteiger partial charge in [0.15, 0.2) is 0 Å². The van der Waals surface area contributed by atoms with E-state index in [1.165, 1.54) is 5.57 Å². The molecule has 3 unspecified atom stereocenters. The highest BCUT2D eigenvalue weighted by molar-refractivity contribution is 5.87. The van der Waals surface area contributed by atoms with Crippen molar-refractivity contribution < 1.29 is 9.53 Å². The molecular formula is C20H26O2. The molecule has 4 atom stereocenters. The first-order chi connectivity index (χ1) is 10.5. The third kappa shape index (κ3) is 1.70. The van der Waals surface area contributed by atoms with Crippen molar-refractivity contribution in [2.24, 2.45) is 22.7 Å². The van der Waals surface area contributed by atoms with Crippen LogP contribution in [0.2, 0.25) is 0 Å². The number of allylic oxidation sites excluding steroid dienone is 6. The molecule has 4 aliphatic rings. The summed E-state index contributed by atoms with van der Waals surface area (Å²) in [4.78, 5) is 12.4. The van der Waals surface area contributed by atoms with Crippen molar-refractivity contribution in [3.63, 3.8) is 0 Å². The van der Waals surface area contributed by atoms with Gasteiger partial charge in [0, 0.05) is 23.7 Å². The van der Waals surface area contributed by atoms with Gasteiger partial charge in [-0.2, -0.15) is 0 Å². The van der Waals surface area contributed by atoms with Gasteiger partial charge in [-0.05, 0) is 49.2 Å². The van der Waals surface area contributed by atoms with Crippen molar-refractivity contribution in [2.45, 2.75) is 52.4 Å². The van der Waals surface area contributed by atoms with E-state index in [-0.39, 0.29) is 10.8 Å². The Kier molecular flexibility index (Phi) is 2.99. The fourth-order valence-electron chi connectivity index (χ4n) is 5.56. The lowest BCUT2D eigenvalue weighted by molar-refractivity contribution is -0.127. The van der Waals surface area contributed by atoms with Crippen molar-refractivity contribution >= 4 is 5.78 Å². The maximum Gasteiger partial charge on any atom is 0.139 e. The predicted molar refractivity (Wildman–Crippen MR) is 87.2 cm³/mol. The summed E-state index contributed by atoms with van der Waals surface area (Å²) < 4.78 is 5.48. The lowest BCUT2D eigenvalue weighted by atomic mass is 9.53. The molecule has 2 heteroatoms. The second-order valence-electron chi connectivity index (χ2n) is 8.00. The number of fused-ring (bicyclic) bond motifs is 5. The van der Waals surface area contributed by atoms with E-state index in [4.69, 9.17) is 4.74 Å². The molecule has 0 heterocycles. The summed E-state index contributed by atoms with van der Waals surface area (Å²) >= 11 is 0. The molecule has 0 aromatic heterocycles. The fourth-order valence-corrected chi connectivity index (χ4v) is 5.56. The Balaban J connectivity index is 1.76. The van der Waals surface area contributed by atoms with Crippen LogP contribution in [0.15, 0.2) is 35.1 Å².